The van der Waals surface area contributed by atoms with Crippen molar-refractivity contribution in [3.05, 3.63) is 29.6 Å². The molecule has 0 atom stereocenters. The Hall–Kier alpha value is -1.13. The Morgan fingerprint density at radius 2 is 2.11 bits per heavy atom. The fourth-order valence-corrected chi connectivity index (χ4v) is 2.50. The molecule has 1 heterocycles. The summed E-state index contributed by atoms with van der Waals surface area (Å²) in [5, 5.41) is 3.31. The molecule has 0 radical (unpaired) electrons. The molecular formula is C15H22FNO2. The van der Waals surface area contributed by atoms with Crippen molar-refractivity contribution in [2.75, 3.05) is 26.9 Å². The molecule has 1 fully saturated rings. The Morgan fingerprint density at radius 3 is 2.53 bits per heavy atom. The molecule has 3 nitrogen and oxygen atoms in total. The second kappa shape index (κ2) is 5.10. The lowest BCUT2D eigenvalue weighted by molar-refractivity contribution is -0.0992. The molecule has 0 saturated carbocycles. The lowest BCUT2D eigenvalue weighted by atomic mass is 9.65. The molecule has 1 aliphatic rings. The van der Waals surface area contributed by atoms with Crippen LogP contribution in [-0.4, -0.2) is 32.4 Å². The number of likely N-dealkylation sites (N-methyl/N-ethyl adjacent to an activating group) is 1. The van der Waals surface area contributed by atoms with Gasteiger partial charge in [0, 0.05) is 5.54 Å². The van der Waals surface area contributed by atoms with Crippen LogP contribution in [0.4, 0.5) is 4.39 Å². The van der Waals surface area contributed by atoms with E-state index in [1.807, 2.05) is 20.0 Å². The molecule has 0 aliphatic carbocycles. The van der Waals surface area contributed by atoms with Gasteiger partial charge in [0.25, 0.3) is 0 Å². The number of hydrogen-bond acceptors (Lipinski definition) is 3. The Labute approximate surface area is 114 Å². The van der Waals surface area contributed by atoms with E-state index in [9.17, 15) is 4.39 Å². The molecule has 1 aromatic carbocycles. The minimum absolute atomic E-state index is 0.162. The average Bonchev–Trinajstić information content (AvgIpc) is 2.31. The Balaban J connectivity index is 2.37. The van der Waals surface area contributed by atoms with Crippen LogP contribution >= 0.6 is 0 Å². The van der Waals surface area contributed by atoms with Crippen LogP contribution < -0.4 is 10.1 Å². The highest BCUT2D eigenvalue weighted by atomic mass is 19.1. The van der Waals surface area contributed by atoms with Crippen molar-refractivity contribution in [2.24, 2.45) is 0 Å². The van der Waals surface area contributed by atoms with E-state index >= 15 is 0 Å². The summed E-state index contributed by atoms with van der Waals surface area (Å²) in [4.78, 5) is 0. The molecule has 1 aromatic rings. The molecule has 1 aliphatic heterocycles. The third-order valence-electron chi connectivity index (χ3n) is 4.30. The van der Waals surface area contributed by atoms with Gasteiger partial charge in [0.15, 0.2) is 11.6 Å². The smallest absolute Gasteiger partial charge is 0.165 e. The zero-order chi connectivity index (χ0) is 14.1. The van der Waals surface area contributed by atoms with E-state index in [4.69, 9.17) is 9.47 Å². The highest BCUT2D eigenvalue weighted by Crippen LogP contribution is 2.42. The van der Waals surface area contributed by atoms with Crippen molar-refractivity contribution < 1.29 is 13.9 Å². The average molecular weight is 267 g/mol. The minimum atomic E-state index is -0.308. The van der Waals surface area contributed by atoms with Gasteiger partial charge in [0.05, 0.1) is 25.2 Å². The molecule has 0 bridgehead atoms. The quantitative estimate of drug-likeness (QED) is 0.889. The normalized spacial score (nSPS) is 17.9. The Morgan fingerprint density at radius 1 is 1.42 bits per heavy atom. The van der Waals surface area contributed by atoms with Gasteiger partial charge in [-0.25, -0.2) is 4.39 Å². The molecule has 2 rings (SSSR count). The maximum absolute atomic E-state index is 14.0. The second-order valence-corrected chi connectivity index (χ2v) is 5.53. The number of nitrogens with one attached hydrogen (secondary N) is 1. The summed E-state index contributed by atoms with van der Waals surface area (Å²) >= 11 is 0. The van der Waals surface area contributed by atoms with Gasteiger partial charge in [-0.2, -0.15) is 0 Å². The van der Waals surface area contributed by atoms with Crippen LogP contribution in [0.25, 0.3) is 0 Å². The molecule has 0 amide bonds. The maximum atomic E-state index is 14.0. The predicted molar refractivity (Wildman–Crippen MR) is 73.2 cm³/mol. The van der Waals surface area contributed by atoms with Crippen LogP contribution in [-0.2, 0) is 10.2 Å². The van der Waals surface area contributed by atoms with Crippen molar-refractivity contribution in [2.45, 2.75) is 31.7 Å². The number of halogens is 1. The van der Waals surface area contributed by atoms with Crippen LogP contribution in [0.3, 0.4) is 0 Å². The maximum Gasteiger partial charge on any atom is 0.165 e. The van der Waals surface area contributed by atoms with E-state index in [0.29, 0.717) is 25.6 Å². The van der Waals surface area contributed by atoms with E-state index in [-0.39, 0.29) is 16.8 Å². The number of hydrogen-bond donors (Lipinski definition) is 1. The predicted octanol–water partition coefficient (Wildman–Crippen LogP) is 2.49. The largest absolute Gasteiger partial charge is 0.491 e. The number of benzene rings is 1. The highest BCUT2D eigenvalue weighted by molar-refractivity contribution is 5.38. The van der Waals surface area contributed by atoms with Gasteiger partial charge >= 0.3 is 0 Å². The van der Waals surface area contributed by atoms with Crippen molar-refractivity contribution >= 4 is 0 Å². The lowest BCUT2D eigenvalue weighted by Crippen LogP contribution is -2.65. The van der Waals surface area contributed by atoms with E-state index in [2.05, 4.69) is 19.2 Å². The van der Waals surface area contributed by atoms with E-state index in [0.717, 1.165) is 5.56 Å². The van der Waals surface area contributed by atoms with Gasteiger partial charge in [0.2, 0.25) is 0 Å². The standard InChI is InChI=1S/C15H22FNO2/c1-5-19-13-7-6-11(8-12(13)16)15(9-18-10-15)14(2,3)17-4/h6-8,17H,5,9-10H2,1-4H3. The van der Waals surface area contributed by atoms with E-state index < -0.39 is 0 Å². The first-order valence-corrected chi connectivity index (χ1v) is 6.66. The summed E-state index contributed by atoms with van der Waals surface area (Å²) in [7, 11) is 1.92. The van der Waals surface area contributed by atoms with Crippen LogP contribution in [0.15, 0.2) is 18.2 Å². The van der Waals surface area contributed by atoms with Gasteiger partial charge in [-0.15, -0.1) is 0 Å². The van der Waals surface area contributed by atoms with Crippen LogP contribution in [0.5, 0.6) is 5.75 Å². The van der Waals surface area contributed by atoms with Gasteiger partial charge < -0.3 is 14.8 Å². The molecule has 106 valence electrons. The fraction of sp³-hybridized carbons (Fsp3) is 0.600. The summed E-state index contributed by atoms with van der Waals surface area (Å²) in [6.45, 7) is 7.75. The number of ether oxygens (including phenoxy) is 2. The van der Waals surface area contributed by atoms with Crippen LogP contribution in [0.2, 0.25) is 0 Å². The van der Waals surface area contributed by atoms with Gasteiger partial charge in [-0.1, -0.05) is 6.07 Å². The van der Waals surface area contributed by atoms with Crippen molar-refractivity contribution in [3.63, 3.8) is 0 Å². The Bertz CT molecular complexity index is 455. The topological polar surface area (TPSA) is 30.5 Å². The molecule has 19 heavy (non-hydrogen) atoms. The monoisotopic (exact) mass is 267 g/mol. The molecule has 4 heteroatoms. The lowest BCUT2D eigenvalue weighted by Gasteiger charge is -2.52. The zero-order valence-corrected chi connectivity index (χ0v) is 12.0. The molecular weight excluding hydrogens is 245 g/mol. The Kier molecular flexibility index (Phi) is 3.83. The van der Waals surface area contributed by atoms with E-state index in [1.54, 1.807) is 12.1 Å². The third kappa shape index (κ3) is 2.23. The molecule has 1 saturated heterocycles. The summed E-state index contributed by atoms with van der Waals surface area (Å²) in [6.07, 6.45) is 0. The SMILES string of the molecule is CCOc1ccc(C2(C(C)(C)NC)COC2)cc1F. The molecule has 1 N–H and O–H groups in total. The number of rotatable bonds is 5. The van der Waals surface area contributed by atoms with E-state index in [1.165, 1.54) is 0 Å². The summed E-state index contributed by atoms with van der Waals surface area (Å²) in [5.41, 5.74) is 0.608. The van der Waals surface area contributed by atoms with Crippen molar-refractivity contribution in [3.8, 4) is 5.75 Å². The first kappa shape index (κ1) is 14.3. The van der Waals surface area contributed by atoms with Crippen LogP contribution in [0, 0.1) is 5.82 Å². The summed E-state index contributed by atoms with van der Waals surface area (Å²) in [5.74, 6) is 0.00133. The first-order chi connectivity index (χ1) is 8.97. The fourth-order valence-electron chi connectivity index (χ4n) is 2.50. The van der Waals surface area contributed by atoms with Gasteiger partial charge in [-0.05, 0) is 45.5 Å². The summed E-state index contributed by atoms with van der Waals surface area (Å²) < 4.78 is 24.7. The third-order valence-corrected chi connectivity index (χ3v) is 4.30. The van der Waals surface area contributed by atoms with Crippen molar-refractivity contribution in [1.29, 1.82) is 0 Å². The second-order valence-electron chi connectivity index (χ2n) is 5.53. The van der Waals surface area contributed by atoms with Gasteiger partial charge in [-0.3, -0.25) is 0 Å². The summed E-state index contributed by atoms with van der Waals surface area (Å²) in [6, 6.07) is 5.22. The first-order valence-electron chi connectivity index (χ1n) is 6.66. The zero-order valence-electron chi connectivity index (χ0n) is 12.0. The molecule has 0 unspecified atom stereocenters. The van der Waals surface area contributed by atoms with Crippen molar-refractivity contribution in [1.82, 2.24) is 5.32 Å². The molecule has 0 aromatic heterocycles. The highest BCUT2D eigenvalue weighted by Gasteiger charge is 2.51. The van der Waals surface area contributed by atoms with Crippen LogP contribution in [0.1, 0.15) is 26.3 Å². The van der Waals surface area contributed by atoms with Gasteiger partial charge in [0.1, 0.15) is 0 Å². The minimum Gasteiger partial charge on any atom is -0.491 e. The molecule has 0 spiro atoms.